The van der Waals surface area contributed by atoms with E-state index in [1.807, 2.05) is 36.4 Å². The van der Waals surface area contributed by atoms with Crippen LogP contribution in [0.1, 0.15) is 10.4 Å². The Morgan fingerprint density at radius 3 is 2.53 bits per heavy atom. The molecule has 0 spiro atoms. The van der Waals surface area contributed by atoms with Gasteiger partial charge in [-0.25, -0.2) is 9.97 Å². The Morgan fingerprint density at radius 1 is 1.00 bits per heavy atom. The summed E-state index contributed by atoms with van der Waals surface area (Å²) >= 11 is 8.68. The minimum absolute atomic E-state index is 0.101. The summed E-state index contributed by atoms with van der Waals surface area (Å²) in [6, 6.07) is 18.5. The monoisotopic (exact) mass is 454 g/mol. The summed E-state index contributed by atoms with van der Waals surface area (Å²) in [5, 5.41) is 2.16. The SMILES string of the molecule is O=C(CSc1ncnc2sc(-c3ccccc3)cc12)NNC(=O)c1ccc(Cl)cc1. The van der Waals surface area contributed by atoms with Crippen molar-refractivity contribution in [3.05, 3.63) is 77.6 Å². The van der Waals surface area contributed by atoms with Crippen molar-refractivity contribution in [2.45, 2.75) is 5.03 Å². The maximum absolute atomic E-state index is 12.2. The minimum Gasteiger partial charge on any atom is -0.272 e. The van der Waals surface area contributed by atoms with Gasteiger partial charge in [-0.1, -0.05) is 53.7 Å². The first-order valence-electron chi connectivity index (χ1n) is 8.87. The van der Waals surface area contributed by atoms with Crippen molar-refractivity contribution < 1.29 is 9.59 Å². The number of fused-ring (bicyclic) bond motifs is 1. The molecular weight excluding hydrogens is 440 g/mol. The largest absolute Gasteiger partial charge is 0.272 e. The number of benzene rings is 2. The Bertz CT molecular complexity index is 1200. The predicted octanol–water partition coefficient (Wildman–Crippen LogP) is 4.57. The predicted molar refractivity (Wildman–Crippen MR) is 121 cm³/mol. The Kier molecular flexibility index (Phi) is 6.27. The molecule has 2 amide bonds. The fourth-order valence-electron chi connectivity index (χ4n) is 2.66. The molecule has 2 aromatic carbocycles. The second-order valence-corrected chi connectivity index (χ2v) is 8.60. The molecule has 0 fully saturated rings. The molecule has 0 bridgehead atoms. The van der Waals surface area contributed by atoms with E-state index in [0.717, 1.165) is 25.7 Å². The number of carbonyl (C=O) groups is 2. The van der Waals surface area contributed by atoms with E-state index in [0.29, 0.717) is 10.6 Å². The lowest BCUT2D eigenvalue weighted by Crippen LogP contribution is -2.42. The van der Waals surface area contributed by atoms with Crippen LogP contribution in [-0.2, 0) is 4.79 Å². The van der Waals surface area contributed by atoms with Crippen LogP contribution in [0.25, 0.3) is 20.7 Å². The smallest absolute Gasteiger partial charge is 0.269 e. The summed E-state index contributed by atoms with van der Waals surface area (Å²) in [5.74, 6) is -0.656. The molecule has 30 heavy (non-hydrogen) atoms. The van der Waals surface area contributed by atoms with Gasteiger partial charge in [-0.2, -0.15) is 0 Å². The van der Waals surface area contributed by atoms with Gasteiger partial charge in [0.2, 0.25) is 5.91 Å². The number of hydrogen-bond donors (Lipinski definition) is 2. The van der Waals surface area contributed by atoms with E-state index in [-0.39, 0.29) is 11.7 Å². The third kappa shape index (κ3) is 4.79. The highest BCUT2D eigenvalue weighted by atomic mass is 35.5. The van der Waals surface area contributed by atoms with Crippen LogP contribution >= 0.6 is 34.7 Å². The topological polar surface area (TPSA) is 84.0 Å². The summed E-state index contributed by atoms with van der Waals surface area (Å²) in [6.07, 6.45) is 1.50. The zero-order valence-electron chi connectivity index (χ0n) is 15.5. The van der Waals surface area contributed by atoms with E-state index < -0.39 is 5.91 Å². The van der Waals surface area contributed by atoms with Crippen LogP contribution in [-0.4, -0.2) is 27.5 Å². The lowest BCUT2D eigenvalue weighted by atomic mass is 10.2. The van der Waals surface area contributed by atoms with Crippen molar-refractivity contribution in [2.75, 3.05) is 5.75 Å². The maximum Gasteiger partial charge on any atom is 0.269 e. The lowest BCUT2D eigenvalue weighted by molar-refractivity contribution is -0.119. The standard InChI is InChI=1S/C21H15ClN4O2S2/c22-15-8-6-14(7-9-15)19(28)26-25-18(27)11-29-20-16-10-17(13-4-2-1-3-5-13)30-21(16)24-12-23-20/h1-10,12H,11H2,(H,25,27)(H,26,28). The van der Waals surface area contributed by atoms with Gasteiger partial charge in [0.15, 0.2) is 0 Å². The zero-order valence-corrected chi connectivity index (χ0v) is 17.9. The van der Waals surface area contributed by atoms with Gasteiger partial charge in [0.05, 0.1) is 5.75 Å². The van der Waals surface area contributed by atoms with Crippen LogP contribution in [0.4, 0.5) is 0 Å². The molecule has 0 saturated heterocycles. The van der Waals surface area contributed by atoms with Gasteiger partial charge in [-0.15, -0.1) is 11.3 Å². The van der Waals surface area contributed by atoms with Gasteiger partial charge in [0.1, 0.15) is 16.2 Å². The van der Waals surface area contributed by atoms with Crippen LogP contribution in [0.2, 0.25) is 5.02 Å². The van der Waals surface area contributed by atoms with Crippen molar-refractivity contribution in [2.24, 2.45) is 0 Å². The van der Waals surface area contributed by atoms with Crippen molar-refractivity contribution >= 4 is 56.7 Å². The first kappa shape index (κ1) is 20.3. The van der Waals surface area contributed by atoms with E-state index in [1.165, 1.54) is 18.1 Å². The van der Waals surface area contributed by atoms with E-state index in [2.05, 4.69) is 20.8 Å². The number of amides is 2. The molecule has 0 unspecified atom stereocenters. The molecule has 0 aliphatic heterocycles. The number of carbonyl (C=O) groups excluding carboxylic acids is 2. The quantitative estimate of drug-likeness (QED) is 0.262. The average Bonchev–Trinajstić information content (AvgIpc) is 3.22. The number of thioether (sulfide) groups is 1. The third-order valence-electron chi connectivity index (χ3n) is 4.11. The second-order valence-electron chi connectivity index (χ2n) is 6.17. The van der Waals surface area contributed by atoms with Gasteiger partial charge in [-0.05, 0) is 35.9 Å². The number of hydrazine groups is 1. The van der Waals surface area contributed by atoms with E-state index >= 15 is 0 Å². The van der Waals surface area contributed by atoms with Crippen LogP contribution < -0.4 is 10.9 Å². The fourth-order valence-corrected chi connectivity index (χ4v) is 4.63. The van der Waals surface area contributed by atoms with Crippen LogP contribution in [0.3, 0.4) is 0 Å². The van der Waals surface area contributed by atoms with E-state index in [9.17, 15) is 9.59 Å². The number of aromatic nitrogens is 2. The molecule has 0 saturated carbocycles. The Balaban J connectivity index is 1.38. The highest BCUT2D eigenvalue weighted by molar-refractivity contribution is 8.00. The lowest BCUT2D eigenvalue weighted by Gasteiger charge is -2.07. The molecule has 0 aliphatic carbocycles. The Labute approximate surface area is 185 Å². The Morgan fingerprint density at radius 2 is 1.77 bits per heavy atom. The van der Waals surface area contributed by atoms with E-state index in [4.69, 9.17) is 11.6 Å². The van der Waals surface area contributed by atoms with Gasteiger partial charge < -0.3 is 0 Å². The van der Waals surface area contributed by atoms with Gasteiger partial charge >= 0.3 is 0 Å². The number of nitrogens with one attached hydrogen (secondary N) is 2. The Hall–Kier alpha value is -2.94. The molecule has 4 aromatic rings. The normalized spacial score (nSPS) is 10.7. The van der Waals surface area contributed by atoms with Crippen molar-refractivity contribution in [1.82, 2.24) is 20.8 Å². The highest BCUT2D eigenvalue weighted by Gasteiger charge is 2.13. The highest BCUT2D eigenvalue weighted by Crippen LogP contribution is 2.35. The summed E-state index contributed by atoms with van der Waals surface area (Å²) in [6.45, 7) is 0. The van der Waals surface area contributed by atoms with Crippen LogP contribution in [0.5, 0.6) is 0 Å². The molecule has 4 rings (SSSR count). The third-order valence-corrected chi connectivity index (χ3v) is 6.46. The molecule has 2 heterocycles. The molecular formula is C21H15ClN4O2S2. The van der Waals surface area contributed by atoms with E-state index in [1.54, 1.807) is 35.6 Å². The fraction of sp³-hybridized carbons (Fsp3) is 0.0476. The average molecular weight is 455 g/mol. The number of thiophene rings is 1. The summed E-state index contributed by atoms with van der Waals surface area (Å²) in [4.78, 5) is 34.8. The molecule has 0 radical (unpaired) electrons. The number of rotatable bonds is 5. The van der Waals surface area contributed by atoms with Crippen LogP contribution in [0.15, 0.2) is 72.0 Å². The molecule has 2 N–H and O–H groups in total. The van der Waals surface area contributed by atoms with Crippen LogP contribution in [0, 0.1) is 0 Å². The molecule has 6 nitrogen and oxygen atoms in total. The van der Waals surface area contributed by atoms with Crippen molar-refractivity contribution in [3.63, 3.8) is 0 Å². The summed E-state index contributed by atoms with van der Waals surface area (Å²) < 4.78 is 0. The minimum atomic E-state index is -0.417. The molecule has 9 heteroatoms. The molecule has 0 aliphatic rings. The summed E-state index contributed by atoms with van der Waals surface area (Å²) in [7, 11) is 0. The van der Waals surface area contributed by atoms with Gasteiger partial charge in [-0.3, -0.25) is 20.4 Å². The van der Waals surface area contributed by atoms with Crippen molar-refractivity contribution in [3.8, 4) is 10.4 Å². The van der Waals surface area contributed by atoms with Crippen molar-refractivity contribution in [1.29, 1.82) is 0 Å². The number of halogens is 1. The first-order valence-corrected chi connectivity index (χ1v) is 11.1. The zero-order chi connectivity index (χ0) is 20.9. The van der Waals surface area contributed by atoms with Gasteiger partial charge in [0.25, 0.3) is 5.91 Å². The first-order chi connectivity index (χ1) is 14.6. The summed E-state index contributed by atoms with van der Waals surface area (Å²) in [5.41, 5.74) is 6.31. The number of nitrogens with zero attached hydrogens (tertiary/aromatic N) is 2. The molecule has 2 aromatic heterocycles. The van der Waals surface area contributed by atoms with Gasteiger partial charge in [0, 0.05) is 20.8 Å². The molecule has 0 atom stereocenters. The number of hydrogen-bond acceptors (Lipinski definition) is 6. The molecule has 150 valence electrons. The second kappa shape index (κ2) is 9.25. The maximum atomic E-state index is 12.2.